The Hall–Kier alpha value is -0.570. The topological polar surface area (TPSA) is 83.5 Å². The van der Waals surface area contributed by atoms with Crippen LogP contribution in [0.25, 0.3) is 0 Å². The molecule has 2 rings (SSSR count). The van der Waals surface area contributed by atoms with Crippen molar-refractivity contribution in [2.75, 3.05) is 18.1 Å². The van der Waals surface area contributed by atoms with Crippen LogP contribution in [0.15, 0.2) is 16.3 Å². The lowest BCUT2D eigenvalue weighted by Crippen LogP contribution is -2.29. The molecule has 1 unspecified atom stereocenters. The van der Waals surface area contributed by atoms with Crippen molar-refractivity contribution in [2.45, 2.75) is 11.3 Å². The van der Waals surface area contributed by atoms with Crippen molar-refractivity contribution in [1.82, 2.24) is 4.72 Å². The van der Waals surface area contributed by atoms with Crippen LogP contribution in [0, 0.1) is 5.92 Å². The van der Waals surface area contributed by atoms with Crippen LogP contribution in [0.5, 0.6) is 0 Å². The number of hydrogen-bond donors (Lipinski definition) is 2. The Morgan fingerprint density at radius 2 is 2.33 bits per heavy atom. The Balaban J connectivity index is 2.02. The summed E-state index contributed by atoms with van der Waals surface area (Å²) in [5, 5.41) is 10.1. The molecule has 1 fully saturated rings. The molecular formula is C10H13NO4S3. The van der Waals surface area contributed by atoms with E-state index in [4.69, 9.17) is 5.11 Å². The minimum Gasteiger partial charge on any atom is -0.477 e. The number of aromatic carboxylic acids is 1. The first-order valence-electron chi connectivity index (χ1n) is 5.38. The first kappa shape index (κ1) is 13.9. The second-order valence-corrected chi connectivity index (χ2v) is 7.86. The predicted molar refractivity (Wildman–Crippen MR) is 71.9 cm³/mol. The van der Waals surface area contributed by atoms with E-state index < -0.39 is 16.0 Å². The molecule has 1 aromatic rings. The highest BCUT2D eigenvalue weighted by Gasteiger charge is 2.21. The van der Waals surface area contributed by atoms with Crippen LogP contribution in [-0.2, 0) is 10.0 Å². The molecule has 0 aromatic carbocycles. The lowest BCUT2D eigenvalue weighted by atomic mass is 10.1. The molecule has 100 valence electrons. The number of sulfonamides is 1. The molecule has 2 N–H and O–H groups in total. The fourth-order valence-corrected chi connectivity index (χ4v) is 5.14. The molecular weight excluding hydrogens is 294 g/mol. The van der Waals surface area contributed by atoms with E-state index in [-0.39, 0.29) is 9.77 Å². The third-order valence-corrected chi connectivity index (χ3v) is 6.38. The summed E-state index contributed by atoms with van der Waals surface area (Å²) in [6, 6.07) is 1.19. The summed E-state index contributed by atoms with van der Waals surface area (Å²) in [6.07, 6.45) is 1.02. The van der Waals surface area contributed by atoms with Gasteiger partial charge in [-0.15, -0.1) is 11.3 Å². The zero-order valence-electron chi connectivity index (χ0n) is 9.46. The third kappa shape index (κ3) is 3.25. The predicted octanol–water partition coefficient (Wildman–Crippen LogP) is 1.48. The molecule has 1 saturated heterocycles. The van der Waals surface area contributed by atoms with Gasteiger partial charge in [0.2, 0.25) is 10.0 Å². The van der Waals surface area contributed by atoms with E-state index in [2.05, 4.69) is 4.72 Å². The zero-order chi connectivity index (χ0) is 13.2. The van der Waals surface area contributed by atoms with Gasteiger partial charge in [0.1, 0.15) is 4.88 Å². The highest BCUT2D eigenvalue weighted by molar-refractivity contribution is 7.99. The van der Waals surface area contributed by atoms with Crippen LogP contribution in [0.4, 0.5) is 0 Å². The molecule has 1 atom stereocenters. The van der Waals surface area contributed by atoms with Gasteiger partial charge in [-0.05, 0) is 29.9 Å². The quantitative estimate of drug-likeness (QED) is 0.861. The second kappa shape index (κ2) is 5.60. The van der Waals surface area contributed by atoms with E-state index in [9.17, 15) is 13.2 Å². The van der Waals surface area contributed by atoms with Gasteiger partial charge in [-0.1, -0.05) is 0 Å². The summed E-state index contributed by atoms with van der Waals surface area (Å²) >= 11 is 2.75. The molecule has 2 heterocycles. The number of rotatable bonds is 5. The van der Waals surface area contributed by atoms with Crippen molar-refractivity contribution in [3.63, 3.8) is 0 Å². The van der Waals surface area contributed by atoms with E-state index in [1.54, 1.807) is 0 Å². The Kier molecular flexibility index (Phi) is 4.31. The molecule has 0 bridgehead atoms. The van der Waals surface area contributed by atoms with Gasteiger partial charge in [0.25, 0.3) is 0 Å². The number of thiophene rings is 1. The largest absolute Gasteiger partial charge is 0.477 e. The van der Waals surface area contributed by atoms with Crippen molar-refractivity contribution in [1.29, 1.82) is 0 Å². The van der Waals surface area contributed by atoms with E-state index >= 15 is 0 Å². The number of thioether (sulfide) groups is 1. The van der Waals surface area contributed by atoms with Crippen molar-refractivity contribution < 1.29 is 18.3 Å². The fourth-order valence-electron chi connectivity index (χ4n) is 1.63. The Morgan fingerprint density at radius 1 is 1.56 bits per heavy atom. The molecule has 0 amide bonds. The van der Waals surface area contributed by atoms with Gasteiger partial charge in [-0.25, -0.2) is 17.9 Å². The van der Waals surface area contributed by atoms with E-state index in [1.165, 1.54) is 11.4 Å². The fraction of sp³-hybridized carbons (Fsp3) is 0.500. The monoisotopic (exact) mass is 307 g/mol. The number of carbonyl (C=O) groups is 1. The van der Waals surface area contributed by atoms with Crippen LogP contribution < -0.4 is 4.72 Å². The minimum absolute atomic E-state index is 0.0341. The van der Waals surface area contributed by atoms with Crippen molar-refractivity contribution >= 4 is 39.1 Å². The van der Waals surface area contributed by atoms with Gasteiger partial charge in [-0.3, -0.25) is 0 Å². The summed E-state index contributed by atoms with van der Waals surface area (Å²) in [5.41, 5.74) is 0. The molecule has 0 aliphatic carbocycles. The highest BCUT2D eigenvalue weighted by atomic mass is 32.2. The first-order chi connectivity index (χ1) is 8.49. The summed E-state index contributed by atoms with van der Waals surface area (Å²) in [4.78, 5) is 10.8. The van der Waals surface area contributed by atoms with Gasteiger partial charge in [0.05, 0.1) is 4.90 Å². The number of carboxylic acids is 1. The zero-order valence-corrected chi connectivity index (χ0v) is 11.9. The molecule has 0 spiro atoms. The van der Waals surface area contributed by atoms with Crippen molar-refractivity contribution in [2.24, 2.45) is 5.92 Å². The average Bonchev–Trinajstić information content (AvgIpc) is 2.98. The average molecular weight is 307 g/mol. The number of nitrogens with one attached hydrogen (secondary N) is 1. The standard InChI is InChI=1S/C10H13NO4S3/c12-10(13)9-3-8(6-17-9)18(14,15)11-4-7-1-2-16-5-7/h3,6-7,11H,1-2,4-5H2,(H,12,13). The van der Waals surface area contributed by atoms with Crippen LogP contribution in [-0.4, -0.2) is 37.5 Å². The number of hydrogen-bond acceptors (Lipinski definition) is 5. The summed E-state index contributed by atoms with van der Waals surface area (Å²) in [6.45, 7) is 0.424. The Morgan fingerprint density at radius 3 is 2.89 bits per heavy atom. The maximum absolute atomic E-state index is 11.9. The highest BCUT2D eigenvalue weighted by Crippen LogP contribution is 2.24. The van der Waals surface area contributed by atoms with E-state index in [1.807, 2.05) is 11.8 Å². The minimum atomic E-state index is -3.57. The van der Waals surface area contributed by atoms with Crippen LogP contribution in [0.3, 0.4) is 0 Å². The third-order valence-electron chi connectivity index (χ3n) is 2.68. The normalized spacial score (nSPS) is 20.1. The van der Waals surface area contributed by atoms with E-state index in [0.29, 0.717) is 12.5 Å². The molecule has 1 aromatic heterocycles. The molecule has 5 nitrogen and oxygen atoms in total. The molecule has 1 aliphatic rings. The van der Waals surface area contributed by atoms with E-state index in [0.717, 1.165) is 29.3 Å². The second-order valence-electron chi connectivity index (χ2n) is 4.03. The summed E-state index contributed by atoms with van der Waals surface area (Å²) in [5.74, 6) is 1.33. The smallest absolute Gasteiger partial charge is 0.345 e. The molecule has 0 radical (unpaired) electrons. The summed E-state index contributed by atoms with van der Waals surface area (Å²) in [7, 11) is -3.57. The van der Waals surface area contributed by atoms with Gasteiger partial charge < -0.3 is 5.11 Å². The van der Waals surface area contributed by atoms with Gasteiger partial charge >= 0.3 is 5.97 Å². The Bertz CT molecular complexity index is 531. The molecule has 18 heavy (non-hydrogen) atoms. The number of carboxylic acid groups (broad SMARTS) is 1. The maximum atomic E-state index is 11.9. The Labute approximate surface area is 114 Å². The molecule has 1 aliphatic heterocycles. The van der Waals surface area contributed by atoms with Gasteiger partial charge in [0, 0.05) is 11.9 Å². The van der Waals surface area contributed by atoms with Gasteiger partial charge in [-0.2, -0.15) is 11.8 Å². The molecule has 8 heteroatoms. The maximum Gasteiger partial charge on any atom is 0.345 e. The van der Waals surface area contributed by atoms with Crippen molar-refractivity contribution in [3.8, 4) is 0 Å². The first-order valence-corrected chi connectivity index (χ1v) is 8.90. The van der Waals surface area contributed by atoms with Crippen LogP contribution in [0.1, 0.15) is 16.1 Å². The summed E-state index contributed by atoms with van der Waals surface area (Å²) < 4.78 is 26.4. The lowest BCUT2D eigenvalue weighted by Gasteiger charge is -2.09. The SMILES string of the molecule is O=C(O)c1cc(S(=O)(=O)NCC2CCSC2)cs1. The van der Waals surface area contributed by atoms with Crippen LogP contribution in [0.2, 0.25) is 0 Å². The molecule has 0 saturated carbocycles. The van der Waals surface area contributed by atoms with Crippen LogP contribution >= 0.6 is 23.1 Å². The lowest BCUT2D eigenvalue weighted by molar-refractivity contribution is 0.0702. The van der Waals surface area contributed by atoms with Gasteiger partial charge in [0.15, 0.2) is 0 Å². The van der Waals surface area contributed by atoms with Crippen molar-refractivity contribution in [3.05, 3.63) is 16.3 Å².